The number of amides is 1. The highest BCUT2D eigenvalue weighted by molar-refractivity contribution is 8.00. The molecule has 2 aromatic carbocycles. The Morgan fingerprint density at radius 2 is 1.69 bits per heavy atom. The highest BCUT2D eigenvalue weighted by Crippen LogP contribution is 2.22. The molecule has 2 heterocycles. The van der Waals surface area contributed by atoms with Crippen LogP contribution in [0.2, 0.25) is 0 Å². The lowest BCUT2D eigenvalue weighted by Crippen LogP contribution is -2.27. The van der Waals surface area contributed by atoms with Gasteiger partial charge in [0.1, 0.15) is 11.4 Å². The first-order valence-electron chi connectivity index (χ1n) is 9.31. The molecule has 0 spiro atoms. The first-order valence-corrected chi connectivity index (χ1v) is 10.3. The molecule has 2 aromatic heterocycles. The molecule has 8 heteroatoms. The van der Waals surface area contributed by atoms with Crippen LogP contribution < -0.4 is 5.32 Å². The number of thioether (sulfide) groups is 1. The molecule has 1 N–H and O–H groups in total. The number of hydrogen-bond donors (Lipinski definition) is 1. The number of carbonyl (C=O) groups excluding carboxylic acids is 1. The third kappa shape index (κ3) is 4.97. The van der Waals surface area contributed by atoms with Crippen molar-refractivity contribution in [1.29, 1.82) is 0 Å². The van der Waals surface area contributed by atoms with Crippen molar-refractivity contribution in [3.05, 3.63) is 78.1 Å². The lowest BCUT2D eigenvalue weighted by atomic mass is 10.1. The van der Waals surface area contributed by atoms with E-state index in [4.69, 9.17) is 0 Å². The van der Waals surface area contributed by atoms with Crippen LogP contribution in [0.1, 0.15) is 11.1 Å². The summed E-state index contributed by atoms with van der Waals surface area (Å²) in [6, 6.07) is 20.1. The zero-order chi connectivity index (χ0) is 19.9. The molecule has 4 rings (SSSR count). The molecule has 0 unspecified atom stereocenters. The van der Waals surface area contributed by atoms with Crippen LogP contribution in [0, 0.1) is 0 Å². The molecule has 29 heavy (non-hydrogen) atoms. The predicted molar refractivity (Wildman–Crippen MR) is 113 cm³/mol. The molecule has 1 amide bonds. The second-order valence-electron chi connectivity index (χ2n) is 6.46. The Hall–Kier alpha value is -3.26. The zero-order valence-electron chi connectivity index (χ0n) is 15.7. The molecule has 0 atom stereocenters. The van der Waals surface area contributed by atoms with Crippen LogP contribution in [0.4, 0.5) is 0 Å². The Morgan fingerprint density at radius 1 is 0.966 bits per heavy atom. The summed E-state index contributed by atoms with van der Waals surface area (Å²) in [6.45, 7) is 1.19. The standard InChI is InChI=1S/C21H20N6OS/c28-18(22-12-11-16-7-3-1-4-8-16)14-29-21-19-20(23-15-24-21)27(26-25-19)13-17-9-5-2-6-10-17/h1-10,15H,11-14H2,(H,22,28). The molecular weight excluding hydrogens is 384 g/mol. The van der Waals surface area contributed by atoms with Crippen molar-refractivity contribution in [2.24, 2.45) is 0 Å². The lowest BCUT2D eigenvalue weighted by molar-refractivity contribution is -0.118. The van der Waals surface area contributed by atoms with Gasteiger partial charge in [0.05, 0.1) is 12.3 Å². The van der Waals surface area contributed by atoms with Gasteiger partial charge in [-0.2, -0.15) is 0 Å². The van der Waals surface area contributed by atoms with Gasteiger partial charge < -0.3 is 5.32 Å². The average Bonchev–Trinajstić information content (AvgIpc) is 3.17. The molecule has 0 fully saturated rings. The smallest absolute Gasteiger partial charge is 0.230 e. The van der Waals surface area contributed by atoms with Gasteiger partial charge in [0.25, 0.3) is 0 Å². The number of carbonyl (C=O) groups is 1. The fourth-order valence-corrected chi connectivity index (χ4v) is 3.68. The summed E-state index contributed by atoms with van der Waals surface area (Å²) in [4.78, 5) is 20.8. The van der Waals surface area contributed by atoms with E-state index in [2.05, 4.69) is 37.7 Å². The van der Waals surface area contributed by atoms with Crippen LogP contribution in [0.25, 0.3) is 11.2 Å². The highest BCUT2D eigenvalue weighted by atomic mass is 32.2. The normalized spacial score (nSPS) is 10.9. The molecule has 7 nitrogen and oxygen atoms in total. The van der Waals surface area contributed by atoms with E-state index in [1.54, 1.807) is 4.68 Å². The lowest BCUT2D eigenvalue weighted by Gasteiger charge is -2.05. The van der Waals surface area contributed by atoms with Gasteiger partial charge >= 0.3 is 0 Å². The van der Waals surface area contributed by atoms with Gasteiger partial charge in [0.2, 0.25) is 5.91 Å². The van der Waals surface area contributed by atoms with Gasteiger partial charge in [0.15, 0.2) is 11.2 Å². The van der Waals surface area contributed by atoms with Crippen LogP contribution in [0.5, 0.6) is 0 Å². The minimum atomic E-state index is -0.0330. The number of nitrogens with one attached hydrogen (secondary N) is 1. The van der Waals surface area contributed by atoms with Gasteiger partial charge in [-0.3, -0.25) is 4.79 Å². The number of aromatic nitrogens is 5. The third-order valence-electron chi connectivity index (χ3n) is 4.36. The highest BCUT2D eigenvalue weighted by Gasteiger charge is 2.13. The van der Waals surface area contributed by atoms with Crippen LogP contribution in [0.15, 0.2) is 72.0 Å². The number of fused-ring (bicyclic) bond motifs is 1. The summed E-state index contributed by atoms with van der Waals surface area (Å²) < 4.78 is 1.75. The van der Waals surface area contributed by atoms with E-state index in [-0.39, 0.29) is 11.7 Å². The second-order valence-corrected chi connectivity index (χ2v) is 7.42. The van der Waals surface area contributed by atoms with Crippen molar-refractivity contribution >= 4 is 28.8 Å². The van der Waals surface area contributed by atoms with Crippen molar-refractivity contribution in [2.75, 3.05) is 12.3 Å². The fourth-order valence-electron chi connectivity index (χ4n) is 2.92. The predicted octanol–water partition coefficient (Wildman–Crippen LogP) is 2.72. The molecule has 4 aromatic rings. The van der Waals surface area contributed by atoms with E-state index >= 15 is 0 Å². The number of rotatable bonds is 8. The Balaban J connectivity index is 1.35. The van der Waals surface area contributed by atoms with Crippen molar-refractivity contribution < 1.29 is 4.79 Å². The maximum atomic E-state index is 12.2. The number of benzene rings is 2. The monoisotopic (exact) mass is 404 g/mol. The van der Waals surface area contributed by atoms with Crippen molar-refractivity contribution in [3.63, 3.8) is 0 Å². The van der Waals surface area contributed by atoms with Gasteiger partial charge in [-0.25, -0.2) is 14.6 Å². The molecule has 0 aliphatic rings. The van der Waals surface area contributed by atoms with Crippen molar-refractivity contribution in [2.45, 2.75) is 18.0 Å². The Bertz CT molecular complexity index is 1080. The van der Waals surface area contributed by atoms with Gasteiger partial charge in [-0.15, -0.1) is 5.10 Å². The van der Waals surface area contributed by atoms with E-state index in [9.17, 15) is 4.79 Å². The summed E-state index contributed by atoms with van der Waals surface area (Å²) >= 11 is 1.34. The topological polar surface area (TPSA) is 85.6 Å². The Labute approximate surface area is 172 Å². The summed E-state index contributed by atoms with van der Waals surface area (Å²) in [5.74, 6) is 0.237. The number of nitrogens with zero attached hydrogens (tertiary/aromatic N) is 5. The minimum Gasteiger partial charge on any atom is -0.355 e. The molecule has 0 aliphatic carbocycles. The quantitative estimate of drug-likeness (QED) is 0.359. The fraction of sp³-hybridized carbons (Fsp3) is 0.190. The van der Waals surface area contributed by atoms with E-state index in [0.717, 1.165) is 12.0 Å². The molecule has 0 saturated heterocycles. The average molecular weight is 404 g/mol. The van der Waals surface area contributed by atoms with Crippen LogP contribution >= 0.6 is 11.8 Å². The van der Waals surface area contributed by atoms with Crippen molar-refractivity contribution in [3.8, 4) is 0 Å². The Morgan fingerprint density at radius 3 is 2.45 bits per heavy atom. The maximum Gasteiger partial charge on any atom is 0.230 e. The zero-order valence-corrected chi connectivity index (χ0v) is 16.5. The molecule has 0 bridgehead atoms. The van der Waals surface area contributed by atoms with Gasteiger partial charge in [0, 0.05) is 6.54 Å². The molecule has 0 aliphatic heterocycles. The SMILES string of the molecule is O=C(CSc1ncnc2c1nnn2Cc1ccccc1)NCCc1ccccc1. The summed E-state index contributed by atoms with van der Waals surface area (Å²) in [6.07, 6.45) is 2.30. The third-order valence-corrected chi connectivity index (χ3v) is 5.34. The van der Waals surface area contributed by atoms with Crippen LogP contribution in [-0.4, -0.2) is 43.2 Å². The first-order chi connectivity index (χ1) is 14.3. The van der Waals surface area contributed by atoms with E-state index < -0.39 is 0 Å². The van der Waals surface area contributed by atoms with E-state index in [1.165, 1.54) is 23.7 Å². The summed E-state index contributed by atoms with van der Waals surface area (Å²) in [7, 11) is 0. The minimum absolute atomic E-state index is 0.0330. The summed E-state index contributed by atoms with van der Waals surface area (Å²) in [5.41, 5.74) is 3.60. The van der Waals surface area contributed by atoms with Gasteiger partial charge in [-0.05, 0) is 17.5 Å². The molecule has 0 saturated carbocycles. The van der Waals surface area contributed by atoms with E-state index in [1.807, 2.05) is 48.5 Å². The van der Waals surface area contributed by atoms with Gasteiger partial charge in [-0.1, -0.05) is 77.6 Å². The van der Waals surface area contributed by atoms with Crippen LogP contribution in [-0.2, 0) is 17.8 Å². The number of hydrogen-bond acceptors (Lipinski definition) is 6. The molecular formula is C21H20N6OS. The summed E-state index contributed by atoms with van der Waals surface area (Å²) in [5, 5.41) is 12.0. The largest absolute Gasteiger partial charge is 0.355 e. The first kappa shape index (κ1) is 19.1. The molecule has 146 valence electrons. The van der Waals surface area contributed by atoms with Crippen LogP contribution in [0.3, 0.4) is 0 Å². The maximum absolute atomic E-state index is 12.2. The second kappa shape index (κ2) is 9.29. The molecule has 0 radical (unpaired) electrons. The van der Waals surface area contributed by atoms with E-state index in [0.29, 0.717) is 29.3 Å². The Kier molecular flexibility index (Phi) is 6.11. The van der Waals surface area contributed by atoms with Crippen molar-refractivity contribution in [1.82, 2.24) is 30.3 Å².